The molecule has 0 N–H and O–H groups in total. The van der Waals surface area contributed by atoms with Gasteiger partial charge in [-0.05, 0) is 84.3 Å². The molecule has 5 heteroatoms. The molecule has 0 aliphatic heterocycles. The van der Waals surface area contributed by atoms with E-state index in [1.165, 1.54) is 40.1 Å². The Bertz CT molecular complexity index is 1010. The molecule has 0 bridgehead atoms. The molecular formula is C32H50N2OSSi. The zero-order valence-electron chi connectivity index (χ0n) is 24.9. The van der Waals surface area contributed by atoms with Crippen LogP contribution in [-0.4, -0.2) is 33.8 Å². The summed E-state index contributed by atoms with van der Waals surface area (Å²) in [6.07, 6.45) is 10.7. The Morgan fingerprint density at radius 1 is 1.11 bits per heavy atom. The Balaban J connectivity index is 2.17. The van der Waals surface area contributed by atoms with Crippen LogP contribution < -0.4 is 4.90 Å². The summed E-state index contributed by atoms with van der Waals surface area (Å²) in [6, 6.07) is 11.2. The van der Waals surface area contributed by atoms with Gasteiger partial charge in [0.2, 0.25) is 0 Å². The van der Waals surface area contributed by atoms with Crippen LogP contribution in [0.4, 0.5) is 5.69 Å². The molecule has 0 atom stereocenters. The molecule has 0 fully saturated rings. The number of benzene rings is 1. The molecule has 3 nitrogen and oxygen atoms in total. The van der Waals surface area contributed by atoms with Crippen molar-refractivity contribution < 1.29 is 4.43 Å². The second-order valence-corrected chi connectivity index (χ2v) is 18.4. The first kappa shape index (κ1) is 31.5. The minimum atomic E-state index is -1.72. The predicted octanol–water partition coefficient (Wildman–Crippen LogP) is 9.61. The monoisotopic (exact) mass is 538 g/mol. The highest BCUT2D eigenvalue weighted by Gasteiger charge is 2.37. The van der Waals surface area contributed by atoms with Gasteiger partial charge in [-0.1, -0.05) is 72.2 Å². The third-order valence-electron chi connectivity index (χ3n) is 7.65. The second kappa shape index (κ2) is 13.9. The fourth-order valence-corrected chi connectivity index (χ4v) is 6.70. The van der Waals surface area contributed by atoms with Crippen LogP contribution in [0.2, 0.25) is 18.1 Å². The Morgan fingerprint density at radius 2 is 1.78 bits per heavy atom. The molecule has 1 aliphatic rings. The molecule has 0 heterocycles. The van der Waals surface area contributed by atoms with Crippen molar-refractivity contribution in [1.82, 2.24) is 0 Å². The van der Waals surface area contributed by atoms with Crippen LogP contribution in [0.5, 0.6) is 0 Å². The van der Waals surface area contributed by atoms with Crippen LogP contribution in [0.25, 0.3) is 6.08 Å². The first-order valence-corrected chi connectivity index (χ1v) is 17.8. The third-order valence-corrected chi connectivity index (χ3v) is 13.5. The van der Waals surface area contributed by atoms with Gasteiger partial charge in [0.15, 0.2) is 8.32 Å². The first-order valence-electron chi connectivity index (χ1n) is 14.0. The van der Waals surface area contributed by atoms with E-state index in [4.69, 9.17) is 4.43 Å². The summed E-state index contributed by atoms with van der Waals surface area (Å²) in [4.78, 5) is 3.72. The first-order chi connectivity index (χ1) is 17.3. The van der Waals surface area contributed by atoms with Crippen molar-refractivity contribution in [2.24, 2.45) is 5.41 Å². The van der Waals surface area contributed by atoms with E-state index in [1.54, 1.807) is 6.08 Å². The summed E-state index contributed by atoms with van der Waals surface area (Å²) in [5, 5.41) is 9.64. The van der Waals surface area contributed by atoms with Gasteiger partial charge in [0.05, 0.1) is 12.7 Å². The van der Waals surface area contributed by atoms with E-state index in [2.05, 4.69) is 109 Å². The SMILES string of the molecule is CCCCSC1=C(/C=C/c2ccc(N(CC)CCO[Si](C)(C)C(C)(C)C)cc2)CC(C)(C)C/C1=C\C#N. The Kier molecular flexibility index (Phi) is 11.8. The van der Waals surface area contributed by atoms with Gasteiger partial charge in [0, 0.05) is 29.8 Å². The topological polar surface area (TPSA) is 36.3 Å². The van der Waals surface area contributed by atoms with E-state index >= 15 is 0 Å². The van der Waals surface area contributed by atoms with Crippen molar-refractivity contribution in [3.05, 3.63) is 58.0 Å². The van der Waals surface area contributed by atoms with Gasteiger partial charge in [-0.2, -0.15) is 5.26 Å². The predicted molar refractivity (Wildman–Crippen MR) is 168 cm³/mol. The number of allylic oxidation sites excluding steroid dienone is 4. The van der Waals surface area contributed by atoms with Gasteiger partial charge in [0.1, 0.15) is 0 Å². The minimum absolute atomic E-state index is 0.162. The third kappa shape index (κ3) is 9.50. The summed E-state index contributed by atoms with van der Waals surface area (Å²) < 4.78 is 6.42. The maximum absolute atomic E-state index is 9.41. The normalized spacial score (nSPS) is 17.5. The second-order valence-electron chi connectivity index (χ2n) is 12.5. The van der Waals surface area contributed by atoms with Crippen molar-refractivity contribution in [3.8, 4) is 6.07 Å². The average Bonchev–Trinajstić information content (AvgIpc) is 2.81. The molecule has 0 saturated heterocycles. The molecule has 37 heavy (non-hydrogen) atoms. The molecule has 1 aromatic carbocycles. The summed E-state index contributed by atoms with van der Waals surface area (Å²) in [5.41, 5.74) is 5.17. The van der Waals surface area contributed by atoms with Crippen molar-refractivity contribution in [3.63, 3.8) is 0 Å². The van der Waals surface area contributed by atoms with Gasteiger partial charge in [-0.25, -0.2) is 0 Å². The number of hydrogen-bond donors (Lipinski definition) is 0. The maximum atomic E-state index is 9.41. The van der Waals surface area contributed by atoms with Gasteiger partial charge >= 0.3 is 0 Å². The van der Waals surface area contributed by atoms with Gasteiger partial charge in [0.25, 0.3) is 0 Å². The Hall–Kier alpha value is -1.74. The van der Waals surface area contributed by atoms with Crippen molar-refractivity contribution in [2.45, 2.75) is 92.3 Å². The average molecular weight is 539 g/mol. The van der Waals surface area contributed by atoms with E-state index in [0.29, 0.717) is 0 Å². The van der Waals surface area contributed by atoms with Crippen molar-refractivity contribution in [2.75, 3.05) is 30.3 Å². The quantitative estimate of drug-likeness (QED) is 0.151. The molecule has 1 aromatic rings. The maximum Gasteiger partial charge on any atom is 0.192 e. The largest absolute Gasteiger partial charge is 0.415 e. The number of nitrogens with zero attached hydrogens (tertiary/aromatic N) is 2. The highest BCUT2D eigenvalue weighted by Crippen LogP contribution is 2.46. The molecule has 204 valence electrons. The molecule has 0 aromatic heterocycles. The van der Waals surface area contributed by atoms with E-state index in [0.717, 1.165) is 38.3 Å². The van der Waals surface area contributed by atoms with Crippen LogP contribution in [-0.2, 0) is 4.43 Å². The highest BCUT2D eigenvalue weighted by atomic mass is 32.2. The van der Waals surface area contributed by atoms with Crippen LogP contribution in [0.15, 0.2) is 52.5 Å². The number of anilines is 1. The minimum Gasteiger partial charge on any atom is -0.415 e. The lowest BCUT2D eigenvalue weighted by Crippen LogP contribution is -2.42. The molecule has 0 radical (unpaired) electrons. The Labute approximate surface area is 233 Å². The van der Waals surface area contributed by atoms with Gasteiger partial charge in [-0.3, -0.25) is 0 Å². The van der Waals surface area contributed by atoms with E-state index in [1.807, 2.05) is 11.8 Å². The number of nitriles is 1. The standard InChI is InChI=1S/C32H50N2OSSi/c1-10-12-23-36-30-27(24-32(6,7)25-28(30)19-20-33)16-13-26-14-17-29(18-15-26)34(11-2)21-22-35-37(8,9)31(3,4)5/h13-19H,10-12,21-25H2,1-9H3/b16-13+,28-19+. The lowest BCUT2D eigenvalue weighted by Gasteiger charge is -2.37. The van der Waals surface area contributed by atoms with E-state index in [-0.39, 0.29) is 10.5 Å². The Morgan fingerprint density at radius 3 is 2.35 bits per heavy atom. The van der Waals surface area contributed by atoms with E-state index in [9.17, 15) is 5.26 Å². The fourth-order valence-electron chi connectivity index (χ4n) is 4.38. The number of hydrogen-bond acceptors (Lipinski definition) is 4. The summed E-state index contributed by atoms with van der Waals surface area (Å²) in [5.74, 6) is 1.10. The zero-order valence-corrected chi connectivity index (χ0v) is 26.7. The molecule has 1 aliphatic carbocycles. The number of likely N-dealkylation sites (N-methyl/N-ethyl adjacent to an activating group) is 1. The molecular weight excluding hydrogens is 489 g/mol. The van der Waals surface area contributed by atoms with Crippen LogP contribution in [0.3, 0.4) is 0 Å². The number of thioether (sulfide) groups is 1. The highest BCUT2D eigenvalue weighted by molar-refractivity contribution is 8.03. The molecule has 0 unspecified atom stereocenters. The molecule has 0 spiro atoms. The van der Waals surface area contributed by atoms with Crippen LogP contribution >= 0.6 is 11.8 Å². The van der Waals surface area contributed by atoms with Crippen LogP contribution in [0.1, 0.15) is 79.7 Å². The smallest absolute Gasteiger partial charge is 0.192 e. The fraction of sp³-hybridized carbons (Fsp3) is 0.594. The lowest BCUT2D eigenvalue weighted by atomic mass is 9.75. The summed E-state index contributed by atoms with van der Waals surface area (Å²) >= 11 is 1.93. The number of unbranched alkanes of at least 4 members (excludes halogenated alkanes) is 1. The molecule has 0 amide bonds. The van der Waals surface area contributed by atoms with Crippen LogP contribution in [0, 0.1) is 16.7 Å². The van der Waals surface area contributed by atoms with Gasteiger partial charge in [-0.15, -0.1) is 11.8 Å². The molecule has 0 saturated carbocycles. The van der Waals surface area contributed by atoms with Crippen molar-refractivity contribution >= 4 is 31.8 Å². The van der Waals surface area contributed by atoms with E-state index < -0.39 is 8.32 Å². The lowest BCUT2D eigenvalue weighted by molar-refractivity contribution is 0.294. The van der Waals surface area contributed by atoms with Gasteiger partial charge < -0.3 is 9.33 Å². The molecule has 2 rings (SSSR count). The number of rotatable bonds is 12. The summed E-state index contributed by atoms with van der Waals surface area (Å²) in [6.45, 7) is 23.2. The zero-order chi connectivity index (χ0) is 27.7. The summed E-state index contributed by atoms with van der Waals surface area (Å²) in [7, 11) is -1.72. The van der Waals surface area contributed by atoms with Crippen molar-refractivity contribution in [1.29, 1.82) is 5.26 Å².